The van der Waals surface area contributed by atoms with E-state index in [-0.39, 0.29) is 5.41 Å². The molecule has 272 valence electrons. The lowest BCUT2D eigenvalue weighted by Crippen LogP contribution is -2.22. The normalized spacial score (nSPS) is 14.4. The average Bonchev–Trinajstić information content (AvgIpc) is 3.56. The molecule has 1 atom stereocenters. The van der Waals surface area contributed by atoms with Crippen LogP contribution in [0.2, 0.25) is 0 Å². The summed E-state index contributed by atoms with van der Waals surface area (Å²) >= 11 is 0. The van der Waals surface area contributed by atoms with Crippen molar-refractivity contribution < 1.29 is 0 Å². The van der Waals surface area contributed by atoms with Gasteiger partial charge in [0.2, 0.25) is 0 Å². The van der Waals surface area contributed by atoms with E-state index in [9.17, 15) is 0 Å². The van der Waals surface area contributed by atoms with Gasteiger partial charge in [0.1, 0.15) is 0 Å². The van der Waals surface area contributed by atoms with Crippen LogP contribution < -0.4 is 0 Å². The molecule has 0 saturated carbocycles. The fourth-order valence-electron chi connectivity index (χ4n) is 9.17. The largest absolute Gasteiger partial charge is 0.228 e. The summed E-state index contributed by atoms with van der Waals surface area (Å²) in [5.41, 5.74) is 16.2. The van der Waals surface area contributed by atoms with E-state index in [1.54, 1.807) is 0 Å². The van der Waals surface area contributed by atoms with Crippen LogP contribution in [0.5, 0.6) is 0 Å². The van der Waals surface area contributed by atoms with Gasteiger partial charge in [0.25, 0.3) is 0 Å². The molecular formula is C56H38N2. The Labute approximate surface area is 338 Å². The molecule has 0 aliphatic heterocycles. The number of fused-ring (bicyclic) bond motifs is 5. The second kappa shape index (κ2) is 13.7. The van der Waals surface area contributed by atoms with Gasteiger partial charge in [0, 0.05) is 22.1 Å². The molecule has 0 amide bonds. The monoisotopic (exact) mass is 738 g/mol. The highest BCUT2D eigenvalue weighted by Crippen LogP contribution is 2.53. The number of hydrogen-bond acceptors (Lipinski definition) is 2. The highest BCUT2D eigenvalue weighted by atomic mass is 14.9. The Kier molecular flexibility index (Phi) is 7.97. The van der Waals surface area contributed by atoms with E-state index in [2.05, 4.69) is 201 Å². The van der Waals surface area contributed by atoms with Gasteiger partial charge < -0.3 is 0 Å². The Hall–Kier alpha value is -7.42. The summed E-state index contributed by atoms with van der Waals surface area (Å²) in [6.07, 6.45) is 0. The van der Waals surface area contributed by atoms with Crippen molar-refractivity contribution in [2.24, 2.45) is 0 Å². The predicted octanol–water partition coefficient (Wildman–Crippen LogP) is 14.5. The molecule has 1 unspecified atom stereocenters. The summed E-state index contributed by atoms with van der Waals surface area (Å²) in [4.78, 5) is 10.3. The molecule has 0 fully saturated rings. The minimum absolute atomic E-state index is 0.231. The second-order valence-corrected chi connectivity index (χ2v) is 15.5. The summed E-state index contributed by atoms with van der Waals surface area (Å²) < 4.78 is 0. The molecule has 0 bridgehead atoms. The van der Waals surface area contributed by atoms with E-state index in [0.717, 1.165) is 33.5 Å². The SMILES string of the molecule is CC1(c2ccccc2)c2ccccc2-c2ccc(-c3ccc(-c4ccc(-c5cc(-c6ccc7ccccc7c6)nc(-c6ccccc6)n5)c5ccccc45)cc3)cc21. The molecule has 1 aliphatic rings. The van der Waals surface area contributed by atoms with Crippen molar-refractivity contribution in [3.63, 3.8) is 0 Å². The third kappa shape index (κ3) is 5.56. The molecule has 1 aromatic heterocycles. The summed E-state index contributed by atoms with van der Waals surface area (Å²) in [5.74, 6) is 0.713. The maximum atomic E-state index is 5.22. The lowest BCUT2D eigenvalue weighted by molar-refractivity contribution is 0.714. The molecule has 2 nitrogen and oxygen atoms in total. The molecular weight excluding hydrogens is 701 g/mol. The van der Waals surface area contributed by atoms with E-state index < -0.39 is 0 Å². The quantitative estimate of drug-likeness (QED) is 0.170. The topological polar surface area (TPSA) is 25.8 Å². The van der Waals surface area contributed by atoms with Crippen molar-refractivity contribution in [3.8, 4) is 67.3 Å². The van der Waals surface area contributed by atoms with Gasteiger partial charge >= 0.3 is 0 Å². The van der Waals surface area contributed by atoms with Crippen LogP contribution in [-0.4, -0.2) is 9.97 Å². The number of benzene rings is 9. The van der Waals surface area contributed by atoms with Gasteiger partial charge in [-0.25, -0.2) is 9.97 Å². The molecule has 10 aromatic rings. The minimum Gasteiger partial charge on any atom is -0.228 e. The van der Waals surface area contributed by atoms with Gasteiger partial charge in [0.15, 0.2) is 5.82 Å². The minimum atomic E-state index is -0.231. The van der Waals surface area contributed by atoms with Gasteiger partial charge in [-0.15, -0.1) is 0 Å². The van der Waals surface area contributed by atoms with Crippen LogP contribution in [0.4, 0.5) is 0 Å². The first kappa shape index (κ1) is 33.9. The van der Waals surface area contributed by atoms with Crippen molar-refractivity contribution in [2.75, 3.05) is 0 Å². The number of hydrogen-bond donors (Lipinski definition) is 0. The van der Waals surface area contributed by atoms with Gasteiger partial charge in [-0.1, -0.05) is 194 Å². The summed E-state index contributed by atoms with van der Waals surface area (Å²) in [6.45, 7) is 2.38. The first-order chi connectivity index (χ1) is 28.6. The maximum Gasteiger partial charge on any atom is 0.160 e. The number of aromatic nitrogens is 2. The Morgan fingerprint density at radius 3 is 1.71 bits per heavy atom. The number of rotatable bonds is 6. The fourth-order valence-corrected chi connectivity index (χ4v) is 9.17. The van der Waals surface area contributed by atoms with E-state index in [0.29, 0.717) is 5.82 Å². The van der Waals surface area contributed by atoms with Crippen LogP contribution >= 0.6 is 0 Å². The van der Waals surface area contributed by atoms with Gasteiger partial charge in [-0.3, -0.25) is 0 Å². The van der Waals surface area contributed by atoms with Crippen LogP contribution in [0.1, 0.15) is 23.6 Å². The molecule has 1 aliphatic carbocycles. The van der Waals surface area contributed by atoms with Crippen LogP contribution in [0, 0.1) is 0 Å². The summed E-state index contributed by atoms with van der Waals surface area (Å²) in [7, 11) is 0. The van der Waals surface area contributed by atoms with Crippen LogP contribution in [0.3, 0.4) is 0 Å². The zero-order chi connectivity index (χ0) is 38.6. The molecule has 1 heterocycles. The van der Waals surface area contributed by atoms with Gasteiger partial charge in [-0.2, -0.15) is 0 Å². The Morgan fingerprint density at radius 2 is 0.897 bits per heavy atom. The van der Waals surface area contributed by atoms with Gasteiger partial charge in [0.05, 0.1) is 11.4 Å². The zero-order valence-electron chi connectivity index (χ0n) is 32.1. The Morgan fingerprint density at radius 1 is 0.328 bits per heavy atom. The molecule has 9 aromatic carbocycles. The Bertz CT molecular complexity index is 3170. The lowest BCUT2D eigenvalue weighted by Gasteiger charge is -2.28. The van der Waals surface area contributed by atoms with Crippen molar-refractivity contribution in [1.82, 2.24) is 9.97 Å². The van der Waals surface area contributed by atoms with E-state index in [4.69, 9.17) is 9.97 Å². The van der Waals surface area contributed by atoms with E-state index >= 15 is 0 Å². The average molecular weight is 739 g/mol. The molecule has 0 saturated heterocycles. The van der Waals surface area contributed by atoms with Crippen molar-refractivity contribution in [2.45, 2.75) is 12.3 Å². The van der Waals surface area contributed by atoms with E-state index in [1.807, 2.05) is 18.2 Å². The molecule has 2 heteroatoms. The first-order valence-electron chi connectivity index (χ1n) is 20.0. The van der Waals surface area contributed by atoms with Crippen LogP contribution in [-0.2, 0) is 5.41 Å². The predicted molar refractivity (Wildman–Crippen MR) is 242 cm³/mol. The summed E-state index contributed by atoms with van der Waals surface area (Å²) in [6, 6.07) is 76.6. The fraction of sp³-hybridized carbons (Fsp3) is 0.0357. The lowest BCUT2D eigenvalue weighted by atomic mass is 9.74. The highest BCUT2D eigenvalue weighted by molar-refractivity contribution is 6.05. The van der Waals surface area contributed by atoms with Crippen LogP contribution in [0.15, 0.2) is 212 Å². The first-order valence-corrected chi connectivity index (χ1v) is 20.0. The summed E-state index contributed by atoms with van der Waals surface area (Å²) in [5, 5.41) is 4.75. The second-order valence-electron chi connectivity index (χ2n) is 15.5. The molecule has 11 rings (SSSR count). The van der Waals surface area contributed by atoms with Crippen LogP contribution in [0.25, 0.3) is 88.8 Å². The molecule has 0 spiro atoms. The zero-order valence-corrected chi connectivity index (χ0v) is 32.1. The maximum absolute atomic E-state index is 5.22. The smallest absolute Gasteiger partial charge is 0.160 e. The Balaban J connectivity index is 0.986. The third-order valence-electron chi connectivity index (χ3n) is 12.2. The molecule has 58 heavy (non-hydrogen) atoms. The van der Waals surface area contributed by atoms with Crippen molar-refractivity contribution in [3.05, 3.63) is 229 Å². The highest BCUT2D eigenvalue weighted by Gasteiger charge is 2.40. The molecule has 0 N–H and O–H groups in total. The van der Waals surface area contributed by atoms with E-state index in [1.165, 1.54) is 66.2 Å². The standard InChI is InChI=1S/C56H38N2/c1-56(44-18-6-3-7-19-44)51-23-13-12-22-48(51)49-31-30-42(35-52(49)56)38-24-27-39(28-25-38)45-32-33-50(47-21-11-10-20-46(45)47)54-36-53(57-55(58-54)40-15-4-2-5-16-40)43-29-26-37-14-8-9-17-41(37)34-43/h2-36H,1H3. The third-order valence-corrected chi connectivity index (χ3v) is 12.2. The van der Waals surface area contributed by atoms with Crippen molar-refractivity contribution in [1.29, 1.82) is 0 Å². The number of nitrogens with zero attached hydrogens (tertiary/aromatic N) is 2. The molecule has 0 radical (unpaired) electrons. The van der Waals surface area contributed by atoms with Gasteiger partial charge in [-0.05, 0) is 96.7 Å². The van der Waals surface area contributed by atoms with Crippen molar-refractivity contribution >= 4 is 21.5 Å².